The van der Waals surface area contributed by atoms with E-state index in [-0.39, 0.29) is 11.6 Å². The minimum Gasteiger partial charge on any atom is -0.320 e. The van der Waals surface area contributed by atoms with E-state index >= 15 is 0 Å². The second kappa shape index (κ2) is 7.33. The average molecular weight is 426 g/mol. The molecule has 22 heavy (non-hydrogen) atoms. The molecule has 0 atom stereocenters. The molecule has 0 aliphatic heterocycles. The van der Waals surface area contributed by atoms with Gasteiger partial charge in [0.05, 0.1) is 15.1 Å². The summed E-state index contributed by atoms with van der Waals surface area (Å²) in [5.41, 5.74) is 1.28. The van der Waals surface area contributed by atoms with Crippen molar-refractivity contribution in [1.82, 2.24) is 0 Å². The Hall–Kier alpha value is -1.99. The first kappa shape index (κ1) is 16.4. The molecule has 0 bridgehead atoms. The highest BCUT2D eigenvalue weighted by atomic mass is 79.9. The van der Waals surface area contributed by atoms with E-state index in [0.29, 0.717) is 14.6 Å². The molecule has 0 aliphatic carbocycles. The van der Waals surface area contributed by atoms with E-state index in [9.17, 15) is 14.9 Å². The third-order valence-corrected chi connectivity index (χ3v) is 3.97. The number of hydrogen-bond acceptors (Lipinski definition) is 3. The van der Waals surface area contributed by atoms with Crippen LogP contribution in [0.2, 0.25) is 0 Å². The van der Waals surface area contributed by atoms with Gasteiger partial charge >= 0.3 is 0 Å². The van der Waals surface area contributed by atoms with Gasteiger partial charge in [0.25, 0.3) is 11.6 Å². The Morgan fingerprint density at radius 2 is 1.86 bits per heavy atom. The number of hydrogen-bond donors (Lipinski definition) is 1. The number of carbonyl (C=O) groups excluding carboxylic acids is 1. The molecular weight excluding hydrogens is 416 g/mol. The Kier molecular flexibility index (Phi) is 5.46. The van der Waals surface area contributed by atoms with Crippen LogP contribution in [0.15, 0.2) is 57.5 Å². The van der Waals surface area contributed by atoms with Gasteiger partial charge in [-0.2, -0.15) is 0 Å². The summed E-state index contributed by atoms with van der Waals surface area (Å²) >= 11 is 6.43. The Balaban J connectivity index is 2.15. The predicted octanol–water partition coefficient (Wildman–Crippen LogP) is 4.73. The van der Waals surface area contributed by atoms with Gasteiger partial charge in [-0.25, -0.2) is 0 Å². The summed E-state index contributed by atoms with van der Waals surface area (Å²) < 4.78 is 0.791. The van der Waals surface area contributed by atoms with Crippen LogP contribution >= 0.6 is 31.9 Å². The predicted molar refractivity (Wildman–Crippen MR) is 92.8 cm³/mol. The van der Waals surface area contributed by atoms with E-state index in [4.69, 9.17) is 0 Å². The van der Waals surface area contributed by atoms with Crippen molar-refractivity contribution >= 4 is 55.2 Å². The van der Waals surface area contributed by atoms with Gasteiger partial charge in [-0.3, -0.25) is 14.9 Å². The number of nitro benzene ring substituents is 1. The summed E-state index contributed by atoms with van der Waals surface area (Å²) in [6.07, 6.45) is 1.69. The van der Waals surface area contributed by atoms with E-state index in [1.165, 1.54) is 18.2 Å². The van der Waals surface area contributed by atoms with Crippen LogP contribution in [0.3, 0.4) is 0 Å². The lowest BCUT2D eigenvalue weighted by molar-refractivity contribution is -0.384. The molecule has 0 spiro atoms. The highest BCUT2D eigenvalue weighted by Gasteiger charge is 2.12. The molecule has 0 radical (unpaired) electrons. The number of nitrogens with one attached hydrogen (secondary N) is 1. The van der Waals surface area contributed by atoms with Gasteiger partial charge < -0.3 is 5.32 Å². The van der Waals surface area contributed by atoms with Crippen LogP contribution in [-0.2, 0) is 4.79 Å². The molecule has 0 heterocycles. The number of nitrogens with zero attached hydrogens (tertiary/aromatic N) is 1. The fourth-order valence-electron chi connectivity index (χ4n) is 1.66. The molecule has 2 aromatic rings. The van der Waals surface area contributed by atoms with Crippen LogP contribution in [-0.4, -0.2) is 10.8 Å². The molecule has 0 saturated carbocycles. The second-order valence-electron chi connectivity index (χ2n) is 4.28. The van der Waals surface area contributed by atoms with Crippen molar-refractivity contribution in [2.45, 2.75) is 0 Å². The first-order valence-corrected chi connectivity index (χ1v) is 7.73. The van der Waals surface area contributed by atoms with E-state index in [2.05, 4.69) is 37.2 Å². The fraction of sp³-hybridized carbons (Fsp3) is 0. The number of non-ortho nitro benzene ring substituents is 1. The fourth-order valence-corrected chi connectivity index (χ4v) is 2.49. The smallest absolute Gasteiger partial charge is 0.270 e. The maximum absolute atomic E-state index is 12.1. The van der Waals surface area contributed by atoms with Crippen LogP contribution in [0.1, 0.15) is 5.56 Å². The van der Waals surface area contributed by atoms with E-state index in [0.717, 1.165) is 5.56 Å². The summed E-state index contributed by atoms with van der Waals surface area (Å²) in [7, 11) is 0. The molecule has 5 nitrogen and oxygen atoms in total. The van der Waals surface area contributed by atoms with Gasteiger partial charge in [0.15, 0.2) is 0 Å². The van der Waals surface area contributed by atoms with E-state index in [1.807, 2.05) is 30.3 Å². The molecule has 0 saturated heterocycles. The lowest BCUT2D eigenvalue weighted by Gasteiger charge is -2.07. The standard InChI is InChI=1S/C15H10Br2N2O3/c16-12-9-11(19(21)22)6-7-14(12)18-15(20)13(17)8-10-4-2-1-3-5-10/h1-9H,(H,18,20)/b13-8-. The molecule has 1 N–H and O–H groups in total. The van der Waals surface area contributed by atoms with Crippen molar-refractivity contribution in [2.75, 3.05) is 5.32 Å². The summed E-state index contributed by atoms with van der Waals surface area (Å²) in [6, 6.07) is 13.5. The molecular formula is C15H10Br2N2O3. The highest BCUT2D eigenvalue weighted by molar-refractivity contribution is 9.12. The number of rotatable bonds is 4. The molecule has 2 aromatic carbocycles. The van der Waals surface area contributed by atoms with Gasteiger partial charge in [0.1, 0.15) is 0 Å². The summed E-state index contributed by atoms with van der Waals surface area (Å²) in [6.45, 7) is 0. The number of nitro groups is 1. The monoisotopic (exact) mass is 424 g/mol. The van der Waals surface area contributed by atoms with E-state index < -0.39 is 4.92 Å². The van der Waals surface area contributed by atoms with Crippen molar-refractivity contribution < 1.29 is 9.72 Å². The maximum Gasteiger partial charge on any atom is 0.270 e. The quantitative estimate of drug-likeness (QED) is 0.437. The minimum atomic E-state index is -0.498. The van der Waals surface area contributed by atoms with Crippen LogP contribution in [0.4, 0.5) is 11.4 Å². The van der Waals surface area contributed by atoms with Gasteiger partial charge in [-0.15, -0.1) is 0 Å². The van der Waals surface area contributed by atoms with Crippen LogP contribution in [0.5, 0.6) is 0 Å². The van der Waals surface area contributed by atoms with Crippen molar-refractivity contribution in [3.63, 3.8) is 0 Å². The molecule has 1 amide bonds. The van der Waals surface area contributed by atoms with Crippen molar-refractivity contribution in [1.29, 1.82) is 0 Å². The molecule has 0 aliphatic rings. The van der Waals surface area contributed by atoms with Crippen LogP contribution in [0, 0.1) is 10.1 Å². The van der Waals surface area contributed by atoms with Crippen LogP contribution < -0.4 is 5.32 Å². The zero-order chi connectivity index (χ0) is 16.1. The third kappa shape index (κ3) is 4.25. The van der Waals surface area contributed by atoms with Crippen molar-refractivity contribution in [3.05, 3.63) is 73.2 Å². The van der Waals surface area contributed by atoms with Gasteiger partial charge in [-0.05, 0) is 49.6 Å². The lowest BCUT2D eigenvalue weighted by atomic mass is 10.2. The normalized spacial score (nSPS) is 11.1. The SMILES string of the molecule is O=C(Nc1ccc([N+](=O)[O-])cc1Br)/C(Br)=C/c1ccccc1. The summed E-state index contributed by atoms with van der Waals surface area (Å²) in [5.74, 6) is -0.349. The minimum absolute atomic E-state index is 0.0521. The highest BCUT2D eigenvalue weighted by Crippen LogP contribution is 2.28. The second-order valence-corrected chi connectivity index (χ2v) is 5.99. The van der Waals surface area contributed by atoms with Crippen LogP contribution in [0.25, 0.3) is 6.08 Å². The molecule has 0 unspecified atom stereocenters. The first-order chi connectivity index (χ1) is 10.5. The van der Waals surface area contributed by atoms with E-state index in [1.54, 1.807) is 6.08 Å². The number of carbonyl (C=O) groups is 1. The molecule has 2 rings (SSSR count). The lowest BCUT2D eigenvalue weighted by Crippen LogP contribution is -2.11. The Bertz CT molecular complexity index is 746. The zero-order valence-corrected chi connectivity index (χ0v) is 14.3. The zero-order valence-electron chi connectivity index (χ0n) is 11.1. The number of amides is 1. The van der Waals surface area contributed by atoms with Crippen molar-refractivity contribution in [3.8, 4) is 0 Å². The topological polar surface area (TPSA) is 72.2 Å². The molecule has 0 fully saturated rings. The summed E-state index contributed by atoms with van der Waals surface area (Å²) in [5, 5.41) is 13.4. The molecule has 7 heteroatoms. The average Bonchev–Trinajstić information content (AvgIpc) is 2.50. The Morgan fingerprint density at radius 1 is 1.18 bits per heavy atom. The first-order valence-electron chi connectivity index (χ1n) is 6.15. The number of benzene rings is 2. The number of halogens is 2. The molecule has 112 valence electrons. The third-order valence-electron chi connectivity index (χ3n) is 2.72. The molecule has 0 aromatic heterocycles. The Morgan fingerprint density at radius 3 is 2.45 bits per heavy atom. The van der Waals surface area contributed by atoms with Crippen molar-refractivity contribution in [2.24, 2.45) is 0 Å². The van der Waals surface area contributed by atoms with Gasteiger partial charge in [0.2, 0.25) is 0 Å². The number of anilines is 1. The Labute approximate surface area is 143 Å². The summed E-state index contributed by atoms with van der Waals surface area (Å²) in [4.78, 5) is 22.3. The van der Waals surface area contributed by atoms with Gasteiger partial charge in [-0.1, -0.05) is 30.3 Å². The largest absolute Gasteiger partial charge is 0.320 e. The maximum atomic E-state index is 12.1. The van der Waals surface area contributed by atoms with Gasteiger partial charge in [0, 0.05) is 16.6 Å².